The quantitative estimate of drug-likeness (QED) is 0.596. The van der Waals surface area contributed by atoms with E-state index in [1.807, 2.05) is 59.7 Å². The zero-order valence-electron chi connectivity index (χ0n) is 17.0. The van der Waals surface area contributed by atoms with Crippen LogP contribution >= 0.6 is 0 Å². The lowest BCUT2D eigenvalue weighted by Gasteiger charge is -2.35. The fourth-order valence-corrected chi connectivity index (χ4v) is 3.16. The molecule has 0 aliphatic heterocycles. The van der Waals surface area contributed by atoms with Crippen molar-refractivity contribution in [2.75, 3.05) is 11.4 Å². The van der Waals surface area contributed by atoms with Crippen LogP contribution in [0, 0.1) is 19.3 Å². The van der Waals surface area contributed by atoms with E-state index in [4.69, 9.17) is 4.74 Å². The van der Waals surface area contributed by atoms with Crippen molar-refractivity contribution < 1.29 is 14.3 Å². The van der Waals surface area contributed by atoms with Crippen molar-refractivity contribution in [1.29, 1.82) is 0 Å². The number of imidazole rings is 1. The van der Waals surface area contributed by atoms with Crippen LogP contribution in [0.3, 0.4) is 0 Å². The minimum absolute atomic E-state index is 0.192. The van der Waals surface area contributed by atoms with Gasteiger partial charge in [0.2, 0.25) is 6.41 Å². The number of ether oxygens (including phenoxy) is 1. The van der Waals surface area contributed by atoms with E-state index in [-0.39, 0.29) is 12.5 Å². The number of aromatic amines is 1. The first-order chi connectivity index (χ1) is 12.6. The molecule has 0 bridgehead atoms. The highest BCUT2D eigenvalue weighted by atomic mass is 16.6. The van der Waals surface area contributed by atoms with Crippen molar-refractivity contribution in [2.24, 2.45) is 5.41 Å². The van der Waals surface area contributed by atoms with E-state index in [9.17, 15) is 9.59 Å². The van der Waals surface area contributed by atoms with E-state index >= 15 is 0 Å². The summed E-state index contributed by atoms with van der Waals surface area (Å²) in [6.07, 6.45) is 4.48. The van der Waals surface area contributed by atoms with E-state index in [1.54, 1.807) is 17.3 Å². The van der Waals surface area contributed by atoms with Crippen LogP contribution in [-0.4, -0.2) is 34.5 Å². The van der Waals surface area contributed by atoms with Crippen molar-refractivity contribution in [3.63, 3.8) is 0 Å². The molecule has 0 saturated heterocycles. The van der Waals surface area contributed by atoms with Gasteiger partial charge in [0.1, 0.15) is 11.4 Å². The summed E-state index contributed by atoms with van der Waals surface area (Å²) in [5.41, 5.74) is 1.20. The summed E-state index contributed by atoms with van der Waals surface area (Å²) < 4.78 is 5.67. The first kappa shape index (κ1) is 20.7. The van der Waals surface area contributed by atoms with Crippen molar-refractivity contribution in [3.8, 4) is 0 Å². The van der Waals surface area contributed by atoms with Gasteiger partial charge in [0, 0.05) is 31.0 Å². The van der Waals surface area contributed by atoms with E-state index < -0.39 is 11.0 Å². The van der Waals surface area contributed by atoms with E-state index in [1.165, 1.54) is 0 Å². The molecule has 1 atom stereocenters. The normalized spacial score (nSPS) is 13.7. The van der Waals surface area contributed by atoms with E-state index in [0.717, 1.165) is 23.2 Å². The number of aryl methyl sites for hydroxylation is 2. The zero-order valence-corrected chi connectivity index (χ0v) is 17.0. The summed E-state index contributed by atoms with van der Waals surface area (Å²) in [5, 5.41) is 0. The standard InChI is InChI=1S/C21H29N3O3/c1-15-8-7-9-16(2)18(15)24(14-25)13-21(6,12-17-22-10-11-23-17)19(26)27-20(3,4)5/h7-11,14H,12-13H2,1-6H3,(H,22,23). The molecule has 6 nitrogen and oxygen atoms in total. The van der Waals surface area contributed by atoms with Crippen LogP contribution in [0.1, 0.15) is 44.6 Å². The minimum Gasteiger partial charge on any atom is -0.459 e. The molecule has 0 spiro atoms. The van der Waals surface area contributed by atoms with Gasteiger partial charge in [-0.25, -0.2) is 4.98 Å². The number of nitrogens with zero attached hydrogens (tertiary/aromatic N) is 2. The first-order valence-corrected chi connectivity index (χ1v) is 9.05. The summed E-state index contributed by atoms with van der Waals surface area (Å²) in [6, 6.07) is 5.86. The number of carbonyl (C=O) groups excluding carboxylic acids is 2. The Labute approximate surface area is 160 Å². The summed E-state index contributed by atoms with van der Waals surface area (Å²) in [5.74, 6) is 0.320. The van der Waals surface area contributed by atoms with E-state index in [2.05, 4.69) is 9.97 Å². The Morgan fingerprint density at radius 1 is 1.22 bits per heavy atom. The summed E-state index contributed by atoms with van der Waals surface area (Å²) >= 11 is 0. The van der Waals surface area contributed by atoms with Gasteiger partial charge in [-0.1, -0.05) is 18.2 Å². The third kappa shape index (κ3) is 5.18. The number of benzene rings is 1. The van der Waals surface area contributed by atoms with Gasteiger partial charge < -0.3 is 14.6 Å². The van der Waals surface area contributed by atoms with Gasteiger partial charge in [0.05, 0.1) is 5.41 Å². The molecule has 1 amide bonds. The van der Waals surface area contributed by atoms with Crippen molar-refractivity contribution in [1.82, 2.24) is 9.97 Å². The fraction of sp³-hybridized carbons (Fsp3) is 0.476. The predicted octanol–water partition coefficient (Wildman–Crippen LogP) is 3.58. The van der Waals surface area contributed by atoms with E-state index in [0.29, 0.717) is 12.2 Å². The number of carbonyl (C=O) groups is 2. The molecule has 1 heterocycles. The average Bonchev–Trinajstić information content (AvgIpc) is 3.04. The van der Waals surface area contributed by atoms with Crippen LogP contribution in [0.2, 0.25) is 0 Å². The number of amides is 1. The molecule has 0 radical (unpaired) electrons. The fourth-order valence-electron chi connectivity index (χ4n) is 3.16. The van der Waals surface area contributed by atoms with Crippen LogP contribution in [-0.2, 0) is 20.7 Å². The molecular weight excluding hydrogens is 342 g/mol. The van der Waals surface area contributed by atoms with Crippen LogP contribution in [0.5, 0.6) is 0 Å². The Morgan fingerprint density at radius 2 is 1.85 bits per heavy atom. The maximum Gasteiger partial charge on any atom is 0.314 e. The van der Waals surface area contributed by atoms with Crippen molar-refractivity contribution in [3.05, 3.63) is 47.5 Å². The number of para-hydroxylation sites is 1. The van der Waals surface area contributed by atoms with Crippen LogP contribution in [0.4, 0.5) is 5.69 Å². The van der Waals surface area contributed by atoms with Gasteiger partial charge in [0.25, 0.3) is 0 Å². The van der Waals surface area contributed by atoms with Crippen LogP contribution in [0.25, 0.3) is 0 Å². The first-order valence-electron chi connectivity index (χ1n) is 9.05. The molecule has 1 unspecified atom stereocenters. The minimum atomic E-state index is -0.958. The molecule has 6 heteroatoms. The molecule has 0 saturated carbocycles. The van der Waals surface area contributed by atoms with Gasteiger partial charge in [-0.05, 0) is 52.7 Å². The maximum absolute atomic E-state index is 13.1. The number of anilines is 1. The molecule has 1 aromatic carbocycles. The smallest absolute Gasteiger partial charge is 0.314 e. The number of hydrogen-bond acceptors (Lipinski definition) is 4. The van der Waals surface area contributed by atoms with Gasteiger partial charge in [0.15, 0.2) is 0 Å². The molecule has 0 fully saturated rings. The second kappa shape index (κ2) is 7.94. The summed E-state index contributed by atoms with van der Waals surface area (Å²) in [7, 11) is 0. The molecule has 146 valence electrons. The van der Waals surface area contributed by atoms with Crippen molar-refractivity contribution in [2.45, 2.75) is 53.6 Å². The molecule has 2 rings (SSSR count). The lowest BCUT2D eigenvalue weighted by molar-refractivity contribution is -0.166. The van der Waals surface area contributed by atoms with Crippen LogP contribution in [0.15, 0.2) is 30.6 Å². The molecule has 1 N–H and O–H groups in total. The maximum atomic E-state index is 13.1. The SMILES string of the molecule is Cc1cccc(C)c1N(C=O)CC(C)(Cc1ncc[nH]1)C(=O)OC(C)(C)C. The molecule has 2 aromatic rings. The third-order valence-corrected chi connectivity index (χ3v) is 4.38. The highest BCUT2D eigenvalue weighted by molar-refractivity contribution is 5.83. The highest BCUT2D eigenvalue weighted by Gasteiger charge is 2.40. The Balaban J connectivity index is 2.40. The third-order valence-electron chi connectivity index (χ3n) is 4.38. The Kier molecular flexibility index (Phi) is 6.08. The molecule has 0 aliphatic rings. The van der Waals surface area contributed by atoms with Gasteiger partial charge in [-0.3, -0.25) is 9.59 Å². The molecule has 27 heavy (non-hydrogen) atoms. The zero-order chi connectivity index (χ0) is 20.2. The predicted molar refractivity (Wildman–Crippen MR) is 106 cm³/mol. The molecule has 1 aromatic heterocycles. The number of esters is 1. The van der Waals surface area contributed by atoms with Crippen LogP contribution < -0.4 is 4.90 Å². The monoisotopic (exact) mass is 371 g/mol. The number of aromatic nitrogens is 2. The average molecular weight is 371 g/mol. The number of rotatable bonds is 7. The number of H-pyrrole nitrogens is 1. The van der Waals surface area contributed by atoms with Gasteiger partial charge in [-0.15, -0.1) is 0 Å². The molecule has 0 aliphatic carbocycles. The number of hydrogen-bond donors (Lipinski definition) is 1. The van der Waals surface area contributed by atoms with Gasteiger partial charge in [-0.2, -0.15) is 0 Å². The highest BCUT2D eigenvalue weighted by Crippen LogP contribution is 2.31. The largest absolute Gasteiger partial charge is 0.459 e. The Bertz CT molecular complexity index is 773. The lowest BCUT2D eigenvalue weighted by Crippen LogP contribution is -2.46. The lowest BCUT2D eigenvalue weighted by atomic mass is 9.85. The number of nitrogens with one attached hydrogen (secondary N) is 1. The summed E-state index contributed by atoms with van der Waals surface area (Å²) in [6.45, 7) is 11.4. The topological polar surface area (TPSA) is 75.3 Å². The summed E-state index contributed by atoms with van der Waals surface area (Å²) in [4.78, 5) is 33.9. The molecular formula is C21H29N3O3. The second-order valence-corrected chi connectivity index (χ2v) is 8.25. The Morgan fingerprint density at radius 3 is 2.33 bits per heavy atom. The second-order valence-electron chi connectivity index (χ2n) is 8.25. The Hall–Kier alpha value is -2.63. The van der Waals surface area contributed by atoms with Crippen molar-refractivity contribution >= 4 is 18.1 Å². The van der Waals surface area contributed by atoms with Gasteiger partial charge >= 0.3 is 5.97 Å².